The highest BCUT2D eigenvalue weighted by molar-refractivity contribution is 6.35. The number of benzene rings is 2. The second-order valence-electron chi connectivity index (χ2n) is 12.5. The van der Waals surface area contributed by atoms with Crippen LogP contribution in [0.5, 0.6) is 0 Å². The smallest absolute Gasteiger partial charge is 0.410 e. The first-order valence-electron chi connectivity index (χ1n) is 15.5. The summed E-state index contributed by atoms with van der Waals surface area (Å²) in [6, 6.07) is 10.7. The normalized spacial score (nSPS) is 15.8. The minimum absolute atomic E-state index is 0.0376. The number of hydrogen-bond donors (Lipinski definition) is 1. The van der Waals surface area contributed by atoms with Crippen molar-refractivity contribution in [2.75, 3.05) is 40.3 Å². The fourth-order valence-corrected chi connectivity index (χ4v) is 6.27. The lowest BCUT2D eigenvalue weighted by molar-refractivity contribution is 0.0146. The van der Waals surface area contributed by atoms with Gasteiger partial charge in [0.15, 0.2) is 0 Å². The molecule has 0 radical (unpaired) electrons. The zero-order valence-electron chi connectivity index (χ0n) is 27.5. The van der Waals surface area contributed by atoms with Crippen molar-refractivity contribution in [3.05, 3.63) is 67.6 Å². The number of hydrogen-bond acceptors (Lipinski definition) is 7. The van der Waals surface area contributed by atoms with Gasteiger partial charge in [0.2, 0.25) is 0 Å². The van der Waals surface area contributed by atoms with E-state index in [-0.39, 0.29) is 37.5 Å². The first-order valence-corrected chi connectivity index (χ1v) is 17.0. The van der Waals surface area contributed by atoms with Crippen molar-refractivity contribution in [1.29, 1.82) is 0 Å². The van der Waals surface area contributed by atoms with Gasteiger partial charge in [0.25, 0.3) is 0 Å². The Balaban J connectivity index is 0.000000267. The van der Waals surface area contributed by atoms with Crippen LogP contribution in [0.1, 0.15) is 57.6 Å². The highest BCUT2D eigenvalue weighted by atomic mass is 35.5. The second kappa shape index (κ2) is 18.2. The molecule has 2 aliphatic heterocycles. The molecule has 2 aliphatic rings. The Morgan fingerprint density at radius 3 is 1.49 bits per heavy atom. The predicted octanol–water partition coefficient (Wildman–Crippen LogP) is 8.28. The fraction of sp³-hybridized carbons (Fsp3) is 0.545. The van der Waals surface area contributed by atoms with Crippen LogP contribution >= 0.6 is 46.4 Å². The highest BCUT2D eigenvalue weighted by Gasteiger charge is 2.30. The zero-order chi connectivity index (χ0) is 34.7. The number of ether oxygens (including phenoxy) is 3. The highest BCUT2D eigenvalue weighted by Crippen LogP contribution is 2.23. The Bertz CT molecular complexity index is 1320. The molecule has 2 aromatic rings. The fourth-order valence-electron chi connectivity index (χ4n) is 5.13. The van der Waals surface area contributed by atoms with Crippen LogP contribution in [0.4, 0.5) is 14.4 Å². The van der Waals surface area contributed by atoms with Gasteiger partial charge in [-0.05, 0) is 101 Å². The summed E-state index contributed by atoms with van der Waals surface area (Å²) < 4.78 is 16.0. The Kier molecular flexibility index (Phi) is 15.0. The summed E-state index contributed by atoms with van der Waals surface area (Å²) in [5, 5.41) is 5.31. The summed E-state index contributed by atoms with van der Waals surface area (Å²) in [5.74, 6) is 0. The number of halogens is 4. The van der Waals surface area contributed by atoms with Crippen LogP contribution < -0.4 is 5.32 Å². The van der Waals surface area contributed by atoms with Crippen molar-refractivity contribution < 1.29 is 28.6 Å². The standard InChI is InChI=1S/C19H26Cl2N2O4.C14H18Cl2N2O2/c1-19(2,3)27-17(24)22(4)16-5-7-23(8-6-16)18(25)26-12-13-9-14(20)11-15(21)10-13;1-17-13-2-4-18(5-3-13)14(19)20-9-10-6-11(15)8-12(16)7-10/h9-11,16H,5-8,12H2,1-4H3;6-8,13,17H,2-5,9H2,1H3. The quantitative estimate of drug-likeness (QED) is 0.298. The molecular formula is C33H44Cl4N4O6. The van der Waals surface area contributed by atoms with Crippen LogP contribution in [0, 0.1) is 0 Å². The summed E-state index contributed by atoms with van der Waals surface area (Å²) in [6.45, 7) is 8.29. The number of carbonyl (C=O) groups excluding carboxylic acids is 3. The van der Waals surface area contributed by atoms with E-state index in [4.69, 9.17) is 60.6 Å². The van der Waals surface area contributed by atoms with Crippen molar-refractivity contribution in [2.24, 2.45) is 0 Å². The van der Waals surface area contributed by atoms with Gasteiger partial charge in [-0.25, -0.2) is 14.4 Å². The Hall–Kier alpha value is -2.63. The van der Waals surface area contributed by atoms with Gasteiger partial charge in [-0.1, -0.05) is 46.4 Å². The zero-order valence-corrected chi connectivity index (χ0v) is 30.5. The van der Waals surface area contributed by atoms with Gasteiger partial charge in [-0.3, -0.25) is 0 Å². The molecule has 260 valence electrons. The van der Waals surface area contributed by atoms with E-state index in [0.29, 0.717) is 52.1 Å². The average molecular weight is 735 g/mol. The molecule has 4 rings (SSSR count). The molecule has 0 unspecified atom stereocenters. The number of piperidine rings is 2. The van der Waals surface area contributed by atoms with Crippen LogP contribution in [0.25, 0.3) is 0 Å². The van der Waals surface area contributed by atoms with E-state index in [9.17, 15) is 14.4 Å². The van der Waals surface area contributed by atoms with E-state index >= 15 is 0 Å². The van der Waals surface area contributed by atoms with Crippen LogP contribution in [0.2, 0.25) is 20.1 Å². The third-order valence-electron chi connectivity index (χ3n) is 7.68. The first kappa shape index (κ1) is 38.8. The van der Waals surface area contributed by atoms with Crippen molar-refractivity contribution in [1.82, 2.24) is 20.0 Å². The van der Waals surface area contributed by atoms with E-state index in [2.05, 4.69) is 5.32 Å². The van der Waals surface area contributed by atoms with E-state index in [1.807, 2.05) is 27.8 Å². The van der Waals surface area contributed by atoms with Crippen LogP contribution in [0.15, 0.2) is 36.4 Å². The van der Waals surface area contributed by atoms with Crippen molar-refractivity contribution in [3.8, 4) is 0 Å². The number of nitrogens with one attached hydrogen (secondary N) is 1. The van der Waals surface area contributed by atoms with E-state index in [0.717, 1.165) is 37.1 Å². The SMILES string of the molecule is CN(C(=O)OC(C)(C)C)C1CCN(C(=O)OCc2cc(Cl)cc(Cl)c2)CC1.CNC1CCN(C(=O)OCc2cc(Cl)cc(Cl)c2)CC1. The summed E-state index contributed by atoms with van der Waals surface area (Å²) in [5.41, 5.74) is 1.00. The van der Waals surface area contributed by atoms with E-state index in [1.165, 1.54) is 0 Å². The monoisotopic (exact) mass is 732 g/mol. The lowest BCUT2D eigenvalue weighted by Crippen LogP contribution is -2.48. The molecule has 2 saturated heterocycles. The third-order valence-corrected chi connectivity index (χ3v) is 8.56. The minimum atomic E-state index is -0.529. The number of likely N-dealkylation sites (tertiary alicyclic amines) is 2. The Morgan fingerprint density at radius 2 is 1.13 bits per heavy atom. The maximum absolute atomic E-state index is 12.3. The van der Waals surface area contributed by atoms with Gasteiger partial charge < -0.3 is 34.2 Å². The topological polar surface area (TPSA) is 101 Å². The van der Waals surface area contributed by atoms with Crippen LogP contribution in [-0.4, -0.2) is 90.9 Å². The minimum Gasteiger partial charge on any atom is -0.445 e. The molecule has 2 aromatic carbocycles. The Labute approximate surface area is 297 Å². The number of nitrogens with zero attached hydrogens (tertiary/aromatic N) is 3. The molecule has 3 amide bonds. The predicted molar refractivity (Wildman–Crippen MR) is 186 cm³/mol. The maximum atomic E-state index is 12.3. The molecule has 47 heavy (non-hydrogen) atoms. The number of rotatable bonds is 6. The number of carbonyl (C=O) groups is 3. The van der Waals surface area contributed by atoms with Crippen LogP contribution in [0.3, 0.4) is 0 Å². The Morgan fingerprint density at radius 1 is 0.745 bits per heavy atom. The van der Waals surface area contributed by atoms with Gasteiger partial charge in [0.1, 0.15) is 18.8 Å². The molecule has 1 N–H and O–H groups in total. The van der Waals surface area contributed by atoms with Gasteiger partial charge in [0, 0.05) is 65.4 Å². The average Bonchev–Trinajstić information content (AvgIpc) is 3.01. The lowest BCUT2D eigenvalue weighted by atomic mass is 10.0. The van der Waals surface area contributed by atoms with Gasteiger partial charge in [0.05, 0.1) is 0 Å². The maximum Gasteiger partial charge on any atom is 0.410 e. The first-order chi connectivity index (χ1) is 22.1. The largest absolute Gasteiger partial charge is 0.445 e. The van der Waals surface area contributed by atoms with Gasteiger partial charge in [-0.15, -0.1) is 0 Å². The molecule has 0 atom stereocenters. The van der Waals surface area contributed by atoms with Crippen LogP contribution in [-0.2, 0) is 27.4 Å². The molecule has 0 aliphatic carbocycles. The summed E-state index contributed by atoms with van der Waals surface area (Å²) >= 11 is 23.7. The lowest BCUT2D eigenvalue weighted by Gasteiger charge is -2.36. The van der Waals surface area contributed by atoms with Crippen molar-refractivity contribution in [3.63, 3.8) is 0 Å². The van der Waals surface area contributed by atoms with E-state index in [1.54, 1.807) is 58.1 Å². The van der Waals surface area contributed by atoms with Gasteiger partial charge >= 0.3 is 18.3 Å². The number of amides is 3. The molecule has 0 aromatic heterocycles. The van der Waals surface area contributed by atoms with Crippen molar-refractivity contribution in [2.45, 2.75) is 77.4 Å². The molecule has 2 heterocycles. The van der Waals surface area contributed by atoms with Gasteiger partial charge in [-0.2, -0.15) is 0 Å². The summed E-state index contributed by atoms with van der Waals surface area (Å²) in [4.78, 5) is 41.4. The summed E-state index contributed by atoms with van der Waals surface area (Å²) in [6.07, 6.45) is 2.24. The molecule has 0 bridgehead atoms. The molecule has 0 saturated carbocycles. The molecule has 10 nitrogen and oxygen atoms in total. The van der Waals surface area contributed by atoms with Crippen molar-refractivity contribution >= 4 is 64.7 Å². The third kappa shape index (κ3) is 13.4. The molecule has 14 heteroatoms. The molecule has 2 fully saturated rings. The van der Waals surface area contributed by atoms with E-state index < -0.39 is 5.60 Å². The molecule has 0 spiro atoms. The second-order valence-corrected chi connectivity index (χ2v) is 14.3. The summed E-state index contributed by atoms with van der Waals surface area (Å²) in [7, 11) is 3.68. The molecular weight excluding hydrogens is 690 g/mol.